The molecule has 0 aliphatic rings. The fraction of sp³-hybridized carbons (Fsp3) is 0.118. The summed E-state index contributed by atoms with van der Waals surface area (Å²) in [6, 6.07) is 17.2. The van der Waals surface area contributed by atoms with Crippen molar-refractivity contribution < 1.29 is 9.66 Å². The molecule has 3 rings (SSSR count). The second kappa shape index (κ2) is 5.81. The fourth-order valence-corrected chi connectivity index (χ4v) is 2.35. The Morgan fingerprint density at radius 2 is 1.86 bits per heavy atom. The highest BCUT2D eigenvalue weighted by Crippen LogP contribution is 2.26. The second-order valence-corrected chi connectivity index (χ2v) is 4.96. The smallest absolute Gasteiger partial charge is 0.406 e. The molecule has 22 heavy (non-hydrogen) atoms. The van der Waals surface area contributed by atoms with Crippen LogP contribution in [-0.2, 0) is 6.61 Å². The van der Waals surface area contributed by atoms with Crippen LogP contribution < -0.4 is 4.74 Å². The standard InChI is InChI=1S/C17H14N2O3/c1-12-9-10-16(17(18-12)19(20)21)22-11-14-7-4-6-13-5-2-3-8-15(13)14/h2-10H,11H2,1H3. The highest BCUT2D eigenvalue weighted by molar-refractivity contribution is 5.85. The molecule has 0 N–H and O–H groups in total. The number of nitro groups is 1. The summed E-state index contributed by atoms with van der Waals surface area (Å²) in [5.74, 6) is -0.0660. The van der Waals surface area contributed by atoms with Crippen molar-refractivity contribution in [1.82, 2.24) is 4.98 Å². The van der Waals surface area contributed by atoms with Gasteiger partial charge in [0.05, 0.1) is 0 Å². The Morgan fingerprint density at radius 3 is 2.68 bits per heavy atom. The van der Waals surface area contributed by atoms with Gasteiger partial charge in [-0.2, -0.15) is 0 Å². The Kier molecular flexibility index (Phi) is 3.70. The van der Waals surface area contributed by atoms with Crippen molar-refractivity contribution in [3.05, 3.63) is 76.0 Å². The van der Waals surface area contributed by atoms with Crippen LogP contribution in [0.5, 0.6) is 5.75 Å². The molecule has 0 radical (unpaired) electrons. The quantitative estimate of drug-likeness (QED) is 0.538. The third-order valence-corrected chi connectivity index (χ3v) is 3.41. The summed E-state index contributed by atoms with van der Waals surface area (Å²) in [6.45, 7) is 1.97. The van der Waals surface area contributed by atoms with Crippen LogP contribution in [0.25, 0.3) is 10.8 Å². The molecule has 0 bridgehead atoms. The summed E-state index contributed by atoms with van der Waals surface area (Å²) in [4.78, 5) is 14.5. The second-order valence-electron chi connectivity index (χ2n) is 4.96. The zero-order valence-electron chi connectivity index (χ0n) is 12.0. The van der Waals surface area contributed by atoms with Crippen LogP contribution >= 0.6 is 0 Å². The first-order chi connectivity index (χ1) is 10.6. The van der Waals surface area contributed by atoms with Crippen molar-refractivity contribution in [2.75, 3.05) is 0 Å². The maximum absolute atomic E-state index is 11.1. The number of hydrogen-bond donors (Lipinski definition) is 0. The van der Waals surface area contributed by atoms with E-state index in [-0.39, 0.29) is 18.2 Å². The molecule has 2 aromatic carbocycles. The van der Waals surface area contributed by atoms with Gasteiger partial charge < -0.3 is 14.9 Å². The van der Waals surface area contributed by atoms with Crippen LogP contribution in [0, 0.1) is 17.0 Å². The van der Waals surface area contributed by atoms with Crippen LogP contribution in [0.1, 0.15) is 11.3 Å². The van der Waals surface area contributed by atoms with E-state index in [4.69, 9.17) is 4.74 Å². The Hall–Kier alpha value is -2.95. The van der Waals surface area contributed by atoms with Gasteiger partial charge in [-0.1, -0.05) is 42.5 Å². The molecule has 110 valence electrons. The molecule has 5 heteroatoms. The molecule has 0 aliphatic carbocycles. The van der Waals surface area contributed by atoms with Crippen LogP contribution in [0.2, 0.25) is 0 Å². The summed E-state index contributed by atoms with van der Waals surface area (Å²) in [5, 5.41) is 13.2. The molecule has 0 saturated carbocycles. The molecule has 0 amide bonds. The first-order valence-electron chi connectivity index (χ1n) is 6.86. The number of benzene rings is 2. The summed E-state index contributed by atoms with van der Waals surface area (Å²) in [6.07, 6.45) is 0. The summed E-state index contributed by atoms with van der Waals surface area (Å²) in [7, 11) is 0. The zero-order valence-corrected chi connectivity index (χ0v) is 12.0. The molecule has 5 nitrogen and oxygen atoms in total. The first-order valence-corrected chi connectivity index (χ1v) is 6.86. The Morgan fingerprint density at radius 1 is 1.09 bits per heavy atom. The Labute approximate surface area is 127 Å². The topological polar surface area (TPSA) is 65.3 Å². The highest BCUT2D eigenvalue weighted by atomic mass is 16.6. The van der Waals surface area contributed by atoms with E-state index in [1.54, 1.807) is 19.1 Å². The van der Waals surface area contributed by atoms with E-state index in [9.17, 15) is 10.1 Å². The molecule has 0 fully saturated rings. The normalized spacial score (nSPS) is 10.6. The van der Waals surface area contributed by atoms with Crippen molar-refractivity contribution >= 4 is 16.6 Å². The zero-order chi connectivity index (χ0) is 15.5. The minimum absolute atomic E-state index is 0.184. The van der Waals surface area contributed by atoms with E-state index in [2.05, 4.69) is 4.98 Å². The van der Waals surface area contributed by atoms with E-state index in [0.29, 0.717) is 5.69 Å². The third kappa shape index (κ3) is 2.74. The number of aryl methyl sites for hydroxylation is 1. The number of aromatic nitrogens is 1. The van der Waals surface area contributed by atoms with Crippen LogP contribution in [0.3, 0.4) is 0 Å². The number of nitrogens with zero attached hydrogens (tertiary/aromatic N) is 2. The van der Waals surface area contributed by atoms with Crippen molar-refractivity contribution in [3.63, 3.8) is 0 Å². The van der Waals surface area contributed by atoms with Crippen molar-refractivity contribution in [2.45, 2.75) is 13.5 Å². The summed E-state index contributed by atoms with van der Waals surface area (Å²) < 4.78 is 5.64. The van der Waals surface area contributed by atoms with E-state index >= 15 is 0 Å². The number of ether oxygens (including phenoxy) is 1. The largest absolute Gasteiger partial charge is 0.481 e. The number of pyridine rings is 1. The highest BCUT2D eigenvalue weighted by Gasteiger charge is 2.17. The van der Waals surface area contributed by atoms with Crippen molar-refractivity contribution in [2.24, 2.45) is 0 Å². The predicted molar refractivity (Wildman–Crippen MR) is 83.9 cm³/mol. The van der Waals surface area contributed by atoms with E-state index in [1.165, 1.54) is 0 Å². The van der Waals surface area contributed by atoms with Gasteiger partial charge in [-0.05, 0) is 38.4 Å². The summed E-state index contributed by atoms with van der Waals surface area (Å²) >= 11 is 0. The Balaban J connectivity index is 1.90. The molecular weight excluding hydrogens is 280 g/mol. The molecule has 3 aromatic rings. The minimum Gasteiger partial charge on any atom is -0.481 e. The average Bonchev–Trinajstić information content (AvgIpc) is 2.53. The summed E-state index contributed by atoms with van der Waals surface area (Å²) in [5.41, 5.74) is 1.57. The minimum atomic E-state index is -0.522. The van der Waals surface area contributed by atoms with Crippen LogP contribution in [0.15, 0.2) is 54.6 Å². The lowest BCUT2D eigenvalue weighted by Crippen LogP contribution is -2.02. The molecule has 0 unspecified atom stereocenters. The van der Waals surface area contributed by atoms with Gasteiger partial charge in [-0.25, -0.2) is 0 Å². The van der Waals surface area contributed by atoms with E-state index in [1.807, 2.05) is 42.5 Å². The first kappa shape index (κ1) is 14.0. The van der Waals surface area contributed by atoms with E-state index in [0.717, 1.165) is 16.3 Å². The van der Waals surface area contributed by atoms with Crippen molar-refractivity contribution in [1.29, 1.82) is 0 Å². The van der Waals surface area contributed by atoms with Gasteiger partial charge in [0, 0.05) is 6.92 Å². The number of rotatable bonds is 4. The molecule has 1 heterocycles. The predicted octanol–water partition coefficient (Wildman–Crippen LogP) is 4.03. The average molecular weight is 294 g/mol. The monoisotopic (exact) mass is 294 g/mol. The lowest BCUT2D eigenvalue weighted by Gasteiger charge is -2.09. The van der Waals surface area contributed by atoms with E-state index < -0.39 is 4.92 Å². The third-order valence-electron chi connectivity index (χ3n) is 3.41. The van der Waals surface area contributed by atoms with Gasteiger partial charge in [-0.3, -0.25) is 0 Å². The molecule has 1 aromatic heterocycles. The van der Waals surface area contributed by atoms with Crippen molar-refractivity contribution in [3.8, 4) is 5.75 Å². The molecule has 0 aliphatic heterocycles. The molecule has 0 atom stereocenters. The van der Waals surface area contributed by atoms with Gasteiger partial charge in [-0.15, -0.1) is 0 Å². The van der Waals surface area contributed by atoms with Crippen LogP contribution in [-0.4, -0.2) is 9.91 Å². The Bertz CT molecular complexity index is 841. The van der Waals surface area contributed by atoms with Gasteiger partial charge in [0.1, 0.15) is 12.3 Å². The van der Waals surface area contributed by atoms with Gasteiger partial charge in [0.25, 0.3) is 0 Å². The fourth-order valence-electron chi connectivity index (χ4n) is 2.35. The SMILES string of the molecule is Cc1ccc(OCc2cccc3ccccc23)c([N+](=O)[O-])n1. The van der Waals surface area contributed by atoms with Crippen LogP contribution in [0.4, 0.5) is 5.82 Å². The van der Waals surface area contributed by atoms with Gasteiger partial charge in [0.15, 0.2) is 0 Å². The molecule has 0 spiro atoms. The lowest BCUT2D eigenvalue weighted by atomic mass is 10.1. The van der Waals surface area contributed by atoms with Gasteiger partial charge in [0.2, 0.25) is 5.75 Å². The number of hydrogen-bond acceptors (Lipinski definition) is 4. The lowest BCUT2D eigenvalue weighted by molar-refractivity contribution is -0.390. The van der Waals surface area contributed by atoms with Gasteiger partial charge >= 0.3 is 5.82 Å². The number of fused-ring (bicyclic) bond motifs is 1. The molecular formula is C17H14N2O3. The molecule has 0 saturated heterocycles. The maximum Gasteiger partial charge on any atom is 0.406 e. The maximum atomic E-state index is 11.1.